The second-order valence-electron chi connectivity index (χ2n) is 5.68. The number of aromatic nitrogens is 2. The van der Waals surface area contributed by atoms with E-state index in [1.807, 2.05) is 35.7 Å². The number of benzene rings is 1. The number of rotatable bonds is 3. The van der Waals surface area contributed by atoms with E-state index in [1.54, 1.807) is 10.9 Å². The summed E-state index contributed by atoms with van der Waals surface area (Å²) in [7, 11) is 1.39. The number of nitrogens with zero attached hydrogens (tertiary/aromatic N) is 2. The molecule has 4 rings (SSSR count). The van der Waals surface area contributed by atoms with Gasteiger partial charge in [-0.25, -0.2) is 9.78 Å². The van der Waals surface area contributed by atoms with Gasteiger partial charge in [0.25, 0.3) is 5.56 Å². The third-order valence-corrected chi connectivity index (χ3v) is 5.05. The standard InChI is InChI=1S/C18H14N2O3S/c1-23-18(22)14-7-12-3-2-11(6-13(12)8-14)9-20-10-19-15-4-5-24-16(15)17(20)21/h2-6,8,10H,7,9H2,1H3. The number of hydrogen-bond acceptors (Lipinski definition) is 5. The maximum absolute atomic E-state index is 12.5. The third kappa shape index (κ3) is 2.45. The third-order valence-electron chi connectivity index (χ3n) is 4.16. The van der Waals surface area contributed by atoms with Crippen molar-refractivity contribution in [3.8, 4) is 0 Å². The van der Waals surface area contributed by atoms with E-state index in [1.165, 1.54) is 18.4 Å². The number of carbonyl (C=O) groups is 1. The van der Waals surface area contributed by atoms with Crippen molar-refractivity contribution in [2.75, 3.05) is 7.11 Å². The average molecular weight is 338 g/mol. The maximum Gasteiger partial charge on any atom is 0.334 e. The van der Waals surface area contributed by atoms with E-state index >= 15 is 0 Å². The molecule has 1 aliphatic rings. The molecule has 0 N–H and O–H groups in total. The molecule has 0 radical (unpaired) electrons. The van der Waals surface area contributed by atoms with Crippen LogP contribution in [0.25, 0.3) is 16.3 Å². The van der Waals surface area contributed by atoms with E-state index in [4.69, 9.17) is 4.74 Å². The Morgan fingerprint density at radius 3 is 3.08 bits per heavy atom. The quantitative estimate of drug-likeness (QED) is 0.689. The van der Waals surface area contributed by atoms with E-state index in [-0.39, 0.29) is 11.5 Å². The zero-order valence-corrected chi connectivity index (χ0v) is 13.8. The molecule has 3 aromatic rings. The van der Waals surface area contributed by atoms with Crippen molar-refractivity contribution in [1.82, 2.24) is 9.55 Å². The van der Waals surface area contributed by atoms with Crippen LogP contribution >= 0.6 is 11.3 Å². The highest BCUT2D eigenvalue weighted by molar-refractivity contribution is 7.17. The number of thiophene rings is 1. The lowest BCUT2D eigenvalue weighted by atomic mass is 10.1. The summed E-state index contributed by atoms with van der Waals surface area (Å²) < 4.78 is 7.06. The van der Waals surface area contributed by atoms with Gasteiger partial charge in [0, 0.05) is 12.0 Å². The van der Waals surface area contributed by atoms with Crippen molar-refractivity contribution < 1.29 is 9.53 Å². The normalized spacial score (nSPS) is 13.0. The number of ether oxygens (including phenoxy) is 1. The SMILES string of the molecule is COC(=O)C1=Cc2cc(Cn3cnc4ccsc4c3=O)ccc2C1. The fourth-order valence-corrected chi connectivity index (χ4v) is 3.73. The molecular formula is C18H14N2O3S. The highest BCUT2D eigenvalue weighted by Crippen LogP contribution is 2.27. The van der Waals surface area contributed by atoms with Crippen LogP contribution in [0.1, 0.15) is 16.7 Å². The second kappa shape index (κ2) is 5.72. The maximum atomic E-state index is 12.5. The van der Waals surface area contributed by atoms with Crippen molar-refractivity contribution in [3.63, 3.8) is 0 Å². The summed E-state index contributed by atoms with van der Waals surface area (Å²) in [5.41, 5.74) is 4.46. The molecule has 6 heteroatoms. The van der Waals surface area contributed by atoms with Gasteiger partial charge in [-0.15, -0.1) is 11.3 Å². The van der Waals surface area contributed by atoms with Gasteiger partial charge in [0.05, 0.1) is 25.5 Å². The fourth-order valence-electron chi connectivity index (χ4n) is 2.93. The summed E-state index contributed by atoms with van der Waals surface area (Å²) >= 11 is 1.41. The van der Waals surface area contributed by atoms with Gasteiger partial charge in [-0.05, 0) is 40.3 Å². The Labute approximate surface area is 141 Å². The summed E-state index contributed by atoms with van der Waals surface area (Å²) in [6, 6.07) is 7.84. The van der Waals surface area contributed by atoms with Crippen molar-refractivity contribution in [3.05, 3.63) is 68.6 Å². The molecule has 5 nitrogen and oxygen atoms in total. The average Bonchev–Trinajstić information content (AvgIpc) is 3.23. The van der Waals surface area contributed by atoms with Gasteiger partial charge in [-0.3, -0.25) is 9.36 Å². The lowest BCUT2D eigenvalue weighted by Crippen LogP contribution is -2.20. The molecule has 1 aromatic carbocycles. The van der Waals surface area contributed by atoms with E-state index in [0.29, 0.717) is 23.2 Å². The number of fused-ring (bicyclic) bond motifs is 2. The summed E-state index contributed by atoms with van der Waals surface area (Å²) in [6.07, 6.45) is 4.03. The minimum atomic E-state index is -0.295. The Kier molecular flexibility index (Phi) is 3.54. The highest BCUT2D eigenvalue weighted by Gasteiger charge is 2.19. The van der Waals surface area contributed by atoms with Gasteiger partial charge in [-0.2, -0.15) is 0 Å². The Morgan fingerprint density at radius 1 is 1.38 bits per heavy atom. The molecule has 0 spiro atoms. The zero-order valence-electron chi connectivity index (χ0n) is 13.0. The van der Waals surface area contributed by atoms with Gasteiger partial charge in [0.1, 0.15) is 4.70 Å². The first-order valence-corrected chi connectivity index (χ1v) is 8.37. The van der Waals surface area contributed by atoms with E-state index in [2.05, 4.69) is 4.98 Å². The molecule has 0 saturated carbocycles. The molecule has 0 amide bonds. The Morgan fingerprint density at radius 2 is 2.25 bits per heavy atom. The van der Waals surface area contributed by atoms with Crippen molar-refractivity contribution in [1.29, 1.82) is 0 Å². The van der Waals surface area contributed by atoms with Crippen LogP contribution in [-0.4, -0.2) is 22.6 Å². The largest absolute Gasteiger partial charge is 0.466 e. The Balaban J connectivity index is 1.66. The Hall–Kier alpha value is -2.73. The van der Waals surface area contributed by atoms with E-state index in [9.17, 15) is 9.59 Å². The predicted octanol–water partition coefficient (Wildman–Crippen LogP) is 2.62. The molecular weight excluding hydrogens is 324 g/mol. The van der Waals surface area contributed by atoms with Crippen molar-refractivity contribution in [2.24, 2.45) is 0 Å². The first-order valence-electron chi connectivity index (χ1n) is 7.49. The summed E-state index contributed by atoms with van der Waals surface area (Å²) in [6.45, 7) is 0.453. The van der Waals surface area contributed by atoms with Crippen LogP contribution in [0.4, 0.5) is 0 Å². The van der Waals surface area contributed by atoms with Gasteiger partial charge < -0.3 is 4.74 Å². The molecule has 24 heavy (non-hydrogen) atoms. The van der Waals surface area contributed by atoms with Crippen LogP contribution in [0.3, 0.4) is 0 Å². The summed E-state index contributed by atoms with van der Waals surface area (Å²) in [4.78, 5) is 28.4. The second-order valence-corrected chi connectivity index (χ2v) is 6.60. The first kappa shape index (κ1) is 14.8. The van der Waals surface area contributed by atoms with Crippen LogP contribution in [0.5, 0.6) is 0 Å². The van der Waals surface area contributed by atoms with Gasteiger partial charge in [0.2, 0.25) is 0 Å². The molecule has 0 bridgehead atoms. The summed E-state index contributed by atoms with van der Waals surface area (Å²) in [5, 5.41) is 1.87. The number of esters is 1. The first-order chi connectivity index (χ1) is 11.7. The van der Waals surface area contributed by atoms with Crippen molar-refractivity contribution in [2.45, 2.75) is 13.0 Å². The monoisotopic (exact) mass is 338 g/mol. The highest BCUT2D eigenvalue weighted by atomic mass is 32.1. The molecule has 0 saturated heterocycles. The predicted molar refractivity (Wildman–Crippen MR) is 93.1 cm³/mol. The number of carbonyl (C=O) groups excluding carboxylic acids is 1. The van der Waals surface area contributed by atoms with Gasteiger partial charge in [0.15, 0.2) is 0 Å². The van der Waals surface area contributed by atoms with E-state index in [0.717, 1.165) is 22.2 Å². The molecule has 0 aliphatic heterocycles. The summed E-state index contributed by atoms with van der Waals surface area (Å²) in [5.74, 6) is -0.295. The zero-order chi connectivity index (χ0) is 16.7. The number of hydrogen-bond donors (Lipinski definition) is 0. The minimum Gasteiger partial charge on any atom is -0.466 e. The van der Waals surface area contributed by atoms with Crippen LogP contribution in [0, 0.1) is 0 Å². The van der Waals surface area contributed by atoms with Crippen LogP contribution in [-0.2, 0) is 22.5 Å². The van der Waals surface area contributed by atoms with Crippen LogP contribution < -0.4 is 5.56 Å². The topological polar surface area (TPSA) is 61.2 Å². The molecule has 120 valence electrons. The van der Waals surface area contributed by atoms with E-state index < -0.39 is 0 Å². The Bertz CT molecular complexity index is 1050. The smallest absolute Gasteiger partial charge is 0.334 e. The molecule has 0 unspecified atom stereocenters. The fraction of sp³-hybridized carbons (Fsp3) is 0.167. The van der Waals surface area contributed by atoms with Crippen molar-refractivity contribution >= 4 is 33.6 Å². The van der Waals surface area contributed by atoms with Gasteiger partial charge >= 0.3 is 5.97 Å². The molecule has 2 aromatic heterocycles. The van der Waals surface area contributed by atoms with Gasteiger partial charge in [-0.1, -0.05) is 12.1 Å². The molecule has 2 heterocycles. The lowest BCUT2D eigenvalue weighted by Gasteiger charge is -2.07. The van der Waals surface area contributed by atoms with Crippen LogP contribution in [0.15, 0.2) is 46.3 Å². The van der Waals surface area contributed by atoms with Crippen LogP contribution in [0.2, 0.25) is 0 Å². The number of methoxy groups -OCH3 is 1. The lowest BCUT2D eigenvalue weighted by molar-refractivity contribution is -0.136. The minimum absolute atomic E-state index is 0.0266. The molecule has 0 fully saturated rings. The molecule has 0 atom stereocenters. The molecule has 1 aliphatic carbocycles.